The van der Waals surface area contributed by atoms with Gasteiger partial charge in [0.2, 0.25) is 16.4 Å². The smallest absolute Gasteiger partial charge is 0.325 e. The number of sulfonamides is 1. The van der Waals surface area contributed by atoms with Crippen LogP contribution in [0.1, 0.15) is 20.8 Å². The molecule has 0 saturated heterocycles. The monoisotopic (exact) mass is 358 g/mol. The highest BCUT2D eigenvalue weighted by Crippen LogP contribution is 2.12. The predicted octanol–water partition coefficient (Wildman–Crippen LogP) is 0.695. The number of hydroxylamine groups is 2. The third-order valence-electron chi connectivity index (χ3n) is 2.71. The number of carbonyl (C=O) groups is 2. The Hall–Kier alpha value is -1.97. The molecule has 0 saturated carbocycles. The number of rotatable bonds is 8. The van der Waals surface area contributed by atoms with E-state index in [9.17, 15) is 18.0 Å². The number of esters is 1. The Kier molecular flexibility index (Phi) is 6.88. The average molecular weight is 358 g/mol. The first-order valence-electron chi connectivity index (χ1n) is 7.15. The Morgan fingerprint density at radius 3 is 2.33 bits per heavy atom. The highest BCUT2D eigenvalue weighted by Gasteiger charge is 2.30. The van der Waals surface area contributed by atoms with Crippen LogP contribution in [-0.4, -0.2) is 51.2 Å². The number of ether oxygens (including phenoxy) is 1. The van der Waals surface area contributed by atoms with E-state index in [1.165, 1.54) is 12.1 Å². The molecule has 0 bridgehead atoms. The Bertz CT molecular complexity index is 654. The predicted molar refractivity (Wildman–Crippen MR) is 86.2 cm³/mol. The number of methoxy groups -OCH3 is 1. The van der Waals surface area contributed by atoms with Gasteiger partial charge in [-0.05, 0) is 32.9 Å². The van der Waals surface area contributed by atoms with Gasteiger partial charge in [0.05, 0.1) is 24.2 Å². The van der Waals surface area contributed by atoms with Gasteiger partial charge in [-0.15, -0.1) is 0 Å². The fraction of sp³-hybridized carbons (Fsp3) is 0.467. The lowest BCUT2D eigenvalue weighted by atomic mass is 10.2. The van der Waals surface area contributed by atoms with E-state index in [0.29, 0.717) is 6.41 Å². The lowest BCUT2D eigenvalue weighted by molar-refractivity contribution is -0.218. The number of hydrogen-bond donors (Lipinski definition) is 1. The van der Waals surface area contributed by atoms with Crippen LogP contribution in [0.15, 0.2) is 35.2 Å². The molecule has 134 valence electrons. The molecule has 1 aromatic rings. The van der Waals surface area contributed by atoms with Crippen LogP contribution in [0, 0.1) is 0 Å². The quantitative estimate of drug-likeness (QED) is 0.417. The van der Waals surface area contributed by atoms with Crippen LogP contribution in [0.5, 0.6) is 0 Å². The third kappa shape index (κ3) is 6.26. The Morgan fingerprint density at radius 1 is 1.29 bits per heavy atom. The van der Waals surface area contributed by atoms with E-state index >= 15 is 0 Å². The standard InChI is InChI=1S/C15H22N2O6S/c1-15(2,3)23-17(11-18)10-13(14(19)22-4)16-24(20,21)12-8-6-5-7-9-12/h5-9,11,13,16H,10H2,1-4H3/t13-/m0/s1. The van der Waals surface area contributed by atoms with Crippen LogP contribution < -0.4 is 4.72 Å². The molecule has 1 atom stereocenters. The summed E-state index contributed by atoms with van der Waals surface area (Å²) in [4.78, 5) is 28.4. The lowest BCUT2D eigenvalue weighted by Gasteiger charge is -2.29. The van der Waals surface area contributed by atoms with Gasteiger partial charge >= 0.3 is 5.97 Å². The van der Waals surface area contributed by atoms with E-state index in [0.717, 1.165) is 12.2 Å². The number of hydrogen-bond acceptors (Lipinski definition) is 6. The normalized spacial score (nSPS) is 13.2. The van der Waals surface area contributed by atoms with E-state index in [1.807, 2.05) is 0 Å². The van der Waals surface area contributed by atoms with Crippen LogP contribution in [-0.2, 0) is 29.2 Å². The largest absolute Gasteiger partial charge is 0.468 e. The molecule has 1 N–H and O–H groups in total. The Labute approximate surface area is 141 Å². The molecule has 1 amide bonds. The van der Waals surface area contributed by atoms with Crippen LogP contribution in [0.3, 0.4) is 0 Å². The first kappa shape index (κ1) is 20.1. The van der Waals surface area contributed by atoms with Gasteiger partial charge in [0.25, 0.3) is 0 Å². The number of nitrogens with one attached hydrogen (secondary N) is 1. The molecule has 0 fully saturated rings. The molecule has 0 aliphatic carbocycles. The third-order valence-corrected chi connectivity index (χ3v) is 4.20. The van der Waals surface area contributed by atoms with Gasteiger partial charge in [-0.25, -0.2) is 13.5 Å². The second-order valence-electron chi connectivity index (χ2n) is 5.92. The molecule has 9 heteroatoms. The van der Waals surface area contributed by atoms with E-state index in [-0.39, 0.29) is 11.4 Å². The topological polar surface area (TPSA) is 102 Å². The number of carbonyl (C=O) groups excluding carboxylic acids is 2. The first-order valence-corrected chi connectivity index (χ1v) is 8.63. The molecule has 0 aliphatic heterocycles. The molecular weight excluding hydrogens is 336 g/mol. The van der Waals surface area contributed by atoms with E-state index in [2.05, 4.69) is 9.46 Å². The van der Waals surface area contributed by atoms with Gasteiger partial charge in [0, 0.05) is 0 Å². The Morgan fingerprint density at radius 2 is 1.88 bits per heavy atom. The summed E-state index contributed by atoms with van der Waals surface area (Å²) in [6.07, 6.45) is 0.373. The molecule has 1 rings (SSSR count). The average Bonchev–Trinajstić information content (AvgIpc) is 2.52. The van der Waals surface area contributed by atoms with Gasteiger partial charge < -0.3 is 4.74 Å². The van der Waals surface area contributed by atoms with Gasteiger partial charge in [-0.3, -0.25) is 14.4 Å². The minimum atomic E-state index is -3.96. The van der Waals surface area contributed by atoms with Crippen molar-refractivity contribution >= 4 is 22.4 Å². The summed E-state index contributed by atoms with van der Waals surface area (Å²) in [6, 6.07) is 6.25. The fourth-order valence-electron chi connectivity index (χ4n) is 1.79. The van der Waals surface area contributed by atoms with Crippen LogP contribution >= 0.6 is 0 Å². The van der Waals surface area contributed by atoms with Gasteiger partial charge in [0.1, 0.15) is 6.04 Å². The number of amides is 1. The Balaban J connectivity index is 2.98. The maximum atomic E-state index is 12.4. The maximum Gasteiger partial charge on any atom is 0.325 e. The summed E-state index contributed by atoms with van der Waals surface area (Å²) >= 11 is 0. The van der Waals surface area contributed by atoms with Gasteiger partial charge in [0.15, 0.2) is 0 Å². The van der Waals surface area contributed by atoms with Crippen molar-refractivity contribution in [3.8, 4) is 0 Å². The summed E-state index contributed by atoms with van der Waals surface area (Å²) < 4.78 is 31.5. The number of nitrogens with zero attached hydrogens (tertiary/aromatic N) is 1. The SMILES string of the molecule is COC(=O)[C@H](CN(C=O)OC(C)(C)C)NS(=O)(=O)c1ccccc1. The fourth-order valence-corrected chi connectivity index (χ4v) is 2.99. The van der Waals surface area contributed by atoms with E-state index < -0.39 is 27.6 Å². The second-order valence-corrected chi connectivity index (χ2v) is 7.63. The minimum Gasteiger partial charge on any atom is -0.468 e. The molecule has 1 aromatic carbocycles. The van der Waals surface area contributed by atoms with Crippen LogP contribution in [0.4, 0.5) is 0 Å². The van der Waals surface area contributed by atoms with Gasteiger partial charge in [-0.1, -0.05) is 18.2 Å². The molecular formula is C15H22N2O6S. The molecule has 8 nitrogen and oxygen atoms in total. The molecule has 0 heterocycles. The highest BCUT2D eigenvalue weighted by molar-refractivity contribution is 7.89. The van der Waals surface area contributed by atoms with E-state index in [1.54, 1.807) is 39.0 Å². The summed E-state index contributed by atoms with van der Waals surface area (Å²) in [7, 11) is -2.83. The van der Waals surface area contributed by atoms with Crippen LogP contribution in [0.2, 0.25) is 0 Å². The molecule has 0 spiro atoms. The van der Waals surface area contributed by atoms with Crippen molar-refractivity contribution < 1.29 is 27.6 Å². The van der Waals surface area contributed by atoms with Crippen molar-refractivity contribution in [2.75, 3.05) is 13.7 Å². The molecule has 0 aromatic heterocycles. The first-order chi connectivity index (χ1) is 11.1. The minimum absolute atomic E-state index is 0.00621. The zero-order valence-corrected chi connectivity index (χ0v) is 14.9. The van der Waals surface area contributed by atoms with Crippen molar-refractivity contribution in [2.24, 2.45) is 0 Å². The second kappa shape index (κ2) is 8.22. The molecule has 0 aliphatic rings. The zero-order valence-electron chi connectivity index (χ0n) is 14.1. The molecule has 0 unspecified atom stereocenters. The van der Waals surface area contributed by atoms with Gasteiger partial charge in [-0.2, -0.15) is 4.72 Å². The lowest BCUT2D eigenvalue weighted by Crippen LogP contribution is -2.49. The summed E-state index contributed by atoms with van der Waals surface area (Å²) in [5, 5.41) is 0.856. The van der Waals surface area contributed by atoms with Crippen molar-refractivity contribution in [3.63, 3.8) is 0 Å². The summed E-state index contributed by atoms with van der Waals surface area (Å²) in [6.45, 7) is 4.81. The van der Waals surface area contributed by atoms with Crippen molar-refractivity contribution in [2.45, 2.75) is 37.3 Å². The summed E-state index contributed by atoms with van der Waals surface area (Å²) in [5.41, 5.74) is -0.695. The zero-order chi connectivity index (χ0) is 18.4. The van der Waals surface area contributed by atoms with Crippen molar-refractivity contribution in [3.05, 3.63) is 30.3 Å². The van der Waals surface area contributed by atoms with Crippen LogP contribution in [0.25, 0.3) is 0 Å². The van der Waals surface area contributed by atoms with E-state index in [4.69, 9.17) is 4.84 Å². The summed E-state index contributed by atoms with van der Waals surface area (Å²) in [5.74, 6) is -0.834. The van der Waals surface area contributed by atoms with Crippen molar-refractivity contribution in [1.82, 2.24) is 9.79 Å². The molecule has 0 radical (unpaired) electrons. The highest BCUT2D eigenvalue weighted by atomic mass is 32.2. The molecule has 24 heavy (non-hydrogen) atoms. The maximum absolute atomic E-state index is 12.4. The van der Waals surface area contributed by atoms with Crippen molar-refractivity contribution in [1.29, 1.82) is 0 Å². The number of benzene rings is 1.